The van der Waals surface area contributed by atoms with Gasteiger partial charge in [0.2, 0.25) is 0 Å². The second-order valence-electron chi connectivity index (χ2n) is 3.47. The first kappa shape index (κ1) is 10.5. The lowest BCUT2D eigenvalue weighted by molar-refractivity contribution is 0.0230. The molecule has 1 aliphatic rings. The van der Waals surface area contributed by atoms with Gasteiger partial charge in [-0.25, -0.2) is 0 Å². The van der Waals surface area contributed by atoms with Crippen molar-refractivity contribution in [3.63, 3.8) is 0 Å². The van der Waals surface area contributed by atoms with Crippen LogP contribution in [0, 0.1) is 5.41 Å². The molecule has 0 saturated carbocycles. The van der Waals surface area contributed by atoms with Crippen molar-refractivity contribution in [3.8, 4) is 0 Å². The Bertz CT molecular complexity index is 168. The zero-order valence-electron chi connectivity index (χ0n) is 8.68. The van der Waals surface area contributed by atoms with Crippen molar-refractivity contribution in [3.05, 3.63) is 0 Å². The van der Waals surface area contributed by atoms with Crippen molar-refractivity contribution in [1.82, 2.24) is 4.90 Å². The summed E-state index contributed by atoms with van der Waals surface area (Å²) in [6.45, 7) is 6.81. The lowest BCUT2D eigenvalue weighted by Crippen LogP contribution is -2.42. The van der Waals surface area contributed by atoms with Gasteiger partial charge in [-0.3, -0.25) is 5.41 Å². The van der Waals surface area contributed by atoms with Crippen LogP contribution in [-0.4, -0.2) is 36.5 Å². The van der Waals surface area contributed by atoms with Gasteiger partial charge in [-0.15, -0.1) is 0 Å². The van der Waals surface area contributed by atoms with E-state index in [0.717, 1.165) is 44.8 Å². The van der Waals surface area contributed by atoms with Crippen LogP contribution in [0.2, 0.25) is 0 Å². The molecular formula is C10H20N2O. The molecule has 3 heteroatoms. The van der Waals surface area contributed by atoms with E-state index in [1.165, 1.54) is 0 Å². The van der Waals surface area contributed by atoms with Gasteiger partial charge < -0.3 is 9.64 Å². The minimum absolute atomic E-state index is 0.352. The summed E-state index contributed by atoms with van der Waals surface area (Å²) in [5, 5.41) is 7.72. The normalized spacial score (nSPS) is 23.2. The fourth-order valence-corrected chi connectivity index (χ4v) is 1.78. The summed E-state index contributed by atoms with van der Waals surface area (Å²) in [6, 6.07) is 0. The highest BCUT2D eigenvalue weighted by Gasteiger charge is 2.20. The maximum atomic E-state index is 7.72. The molecule has 1 atom stereocenters. The lowest BCUT2D eigenvalue weighted by Gasteiger charge is -2.33. The summed E-state index contributed by atoms with van der Waals surface area (Å²) in [7, 11) is 0. The Morgan fingerprint density at radius 2 is 2.31 bits per heavy atom. The summed E-state index contributed by atoms with van der Waals surface area (Å²) in [5.74, 6) is 0.754. The van der Waals surface area contributed by atoms with E-state index >= 15 is 0 Å². The molecular weight excluding hydrogens is 164 g/mol. The Hall–Kier alpha value is -0.570. The SMILES string of the molecule is CCOC1CCCN(C(=N)CC)C1. The summed E-state index contributed by atoms with van der Waals surface area (Å²) >= 11 is 0. The molecule has 1 N–H and O–H groups in total. The monoisotopic (exact) mass is 184 g/mol. The predicted molar refractivity (Wildman–Crippen MR) is 54.2 cm³/mol. The van der Waals surface area contributed by atoms with Gasteiger partial charge in [0.25, 0.3) is 0 Å². The molecule has 1 unspecified atom stereocenters. The van der Waals surface area contributed by atoms with Gasteiger partial charge in [-0.2, -0.15) is 0 Å². The summed E-state index contributed by atoms with van der Waals surface area (Å²) in [5.41, 5.74) is 0. The van der Waals surface area contributed by atoms with E-state index in [1.54, 1.807) is 0 Å². The minimum atomic E-state index is 0.352. The van der Waals surface area contributed by atoms with Gasteiger partial charge >= 0.3 is 0 Å². The second-order valence-corrected chi connectivity index (χ2v) is 3.47. The molecule has 1 aliphatic heterocycles. The first-order chi connectivity index (χ1) is 6.27. The van der Waals surface area contributed by atoms with Gasteiger partial charge in [0.05, 0.1) is 11.9 Å². The smallest absolute Gasteiger partial charge is 0.0955 e. The molecule has 3 nitrogen and oxygen atoms in total. The molecule has 0 bridgehead atoms. The quantitative estimate of drug-likeness (QED) is 0.537. The number of nitrogens with one attached hydrogen (secondary N) is 1. The number of piperidine rings is 1. The third-order valence-corrected chi connectivity index (χ3v) is 2.50. The summed E-state index contributed by atoms with van der Waals surface area (Å²) < 4.78 is 5.57. The van der Waals surface area contributed by atoms with Crippen LogP contribution in [-0.2, 0) is 4.74 Å². The number of hydrogen-bond donors (Lipinski definition) is 1. The fraction of sp³-hybridized carbons (Fsp3) is 0.900. The molecule has 1 fully saturated rings. The van der Waals surface area contributed by atoms with Crippen molar-refractivity contribution in [2.24, 2.45) is 0 Å². The Balaban J connectivity index is 2.37. The second kappa shape index (κ2) is 5.22. The van der Waals surface area contributed by atoms with E-state index < -0.39 is 0 Å². The number of hydrogen-bond acceptors (Lipinski definition) is 2. The van der Waals surface area contributed by atoms with E-state index in [0.29, 0.717) is 6.10 Å². The fourth-order valence-electron chi connectivity index (χ4n) is 1.78. The highest BCUT2D eigenvalue weighted by Crippen LogP contribution is 2.13. The van der Waals surface area contributed by atoms with Crippen LogP contribution in [0.1, 0.15) is 33.1 Å². The molecule has 0 aliphatic carbocycles. The van der Waals surface area contributed by atoms with Crippen LogP contribution >= 0.6 is 0 Å². The average molecular weight is 184 g/mol. The number of ether oxygens (including phenoxy) is 1. The van der Waals surface area contributed by atoms with Gasteiger partial charge in [-0.05, 0) is 19.8 Å². The Kier molecular flexibility index (Phi) is 4.22. The topological polar surface area (TPSA) is 36.3 Å². The molecule has 76 valence electrons. The van der Waals surface area contributed by atoms with Crippen LogP contribution in [0.15, 0.2) is 0 Å². The van der Waals surface area contributed by atoms with Crippen LogP contribution in [0.5, 0.6) is 0 Å². The third-order valence-electron chi connectivity index (χ3n) is 2.50. The number of likely N-dealkylation sites (tertiary alicyclic amines) is 1. The highest BCUT2D eigenvalue weighted by atomic mass is 16.5. The van der Waals surface area contributed by atoms with Crippen molar-refractivity contribution in [2.75, 3.05) is 19.7 Å². The largest absolute Gasteiger partial charge is 0.377 e. The van der Waals surface area contributed by atoms with Crippen LogP contribution in [0.4, 0.5) is 0 Å². The Labute approximate surface area is 80.6 Å². The molecule has 0 aromatic carbocycles. The van der Waals surface area contributed by atoms with Gasteiger partial charge in [0.15, 0.2) is 0 Å². The van der Waals surface area contributed by atoms with E-state index in [4.69, 9.17) is 10.1 Å². The van der Waals surface area contributed by atoms with E-state index in [2.05, 4.69) is 4.90 Å². The Morgan fingerprint density at radius 1 is 1.54 bits per heavy atom. The van der Waals surface area contributed by atoms with Crippen LogP contribution in [0.25, 0.3) is 0 Å². The zero-order chi connectivity index (χ0) is 9.68. The van der Waals surface area contributed by atoms with Crippen molar-refractivity contribution in [2.45, 2.75) is 39.2 Å². The van der Waals surface area contributed by atoms with E-state index in [-0.39, 0.29) is 0 Å². The summed E-state index contributed by atoms with van der Waals surface area (Å²) in [6.07, 6.45) is 3.50. The minimum Gasteiger partial charge on any atom is -0.377 e. The number of nitrogens with zero attached hydrogens (tertiary/aromatic N) is 1. The van der Waals surface area contributed by atoms with Crippen molar-refractivity contribution in [1.29, 1.82) is 5.41 Å². The molecule has 1 heterocycles. The third kappa shape index (κ3) is 2.99. The molecule has 1 saturated heterocycles. The molecule has 0 aromatic rings. The molecule has 1 rings (SSSR count). The van der Waals surface area contributed by atoms with Crippen molar-refractivity contribution >= 4 is 5.84 Å². The number of amidine groups is 1. The number of rotatable bonds is 3. The van der Waals surface area contributed by atoms with Crippen LogP contribution < -0.4 is 0 Å². The Morgan fingerprint density at radius 3 is 2.92 bits per heavy atom. The average Bonchev–Trinajstić information content (AvgIpc) is 2.18. The van der Waals surface area contributed by atoms with Gasteiger partial charge in [0, 0.05) is 26.1 Å². The molecule has 13 heavy (non-hydrogen) atoms. The van der Waals surface area contributed by atoms with E-state index in [1.807, 2.05) is 13.8 Å². The highest BCUT2D eigenvalue weighted by molar-refractivity contribution is 5.78. The van der Waals surface area contributed by atoms with Crippen molar-refractivity contribution < 1.29 is 4.74 Å². The van der Waals surface area contributed by atoms with Crippen LogP contribution in [0.3, 0.4) is 0 Å². The maximum Gasteiger partial charge on any atom is 0.0955 e. The molecule has 0 aromatic heterocycles. The molecule has 0 amide bonds. The lowest BCUT2D eigenvalue weighted by atomic mass is 10.1. The molecule has 0 radical (unpaired) electrons. The maximum absolute atomic E-state index is 7.72. The van der Waals surface area contributed by atoms with Gasteiger partial charge in [0.1, 0.15) is 0 Å². The first-order valence-electron chi connectivity index (χ1n) is 5.21. The molecule has 0 spiro atoms. The predicted octanol–water partition coefficient (Wildman–Crippen LogP) is 1.87. The standard InChI is InChI=1S/C10H20N2O/c1-3-10(11)12-7-5-6-9(8-12)13-4-2/h9,11H,3-8H2,1-2H3. The van der Waals surface area contributed by atoms with Gasteiger partial charge in [-0.1, -0.05) is 6.92 Å². The first-order valence-corrected chi connectivity index (χ1v) is 5.21. The van der Waals surface area contributed by atoms with E-state index in [9.17, 15) is 0 Å². The summed E-state index contributed by atoms with van der Waals surface area (Å²) in [4.78, 5) is 2.14. The zero-order valence-corrected chi connectivity index (χ0v) is 8.68.